The van der Waals surface area contributed by atoms with Crippen LogP contribution in [0.2, 0.25) is 0 Å². The van der Waals surface area contributed by atoms with E-state index < -0.39 is 12.0 Å². The maximum atomic E-state index is 10.1. The molecule has 1 atom stereocenters. The number of carboxylic acids is 1. The number of thiol groups is 2. The van der Waals surface area contributed by atoms with E-state index in [4.69, 9.17) is 10.8 Å². The van der Waals surface area contributed by atoms with Crippen molar-refractivity contribution >= 4 is 41.1 Å². The van der Waals surface area contributed by atoms with Crippen LogP contribution in [0.25, 0.3) is 0 Å². The highest BCUT2D eigenvalue weighted by Crippen LogP contribution is 1.97. The van der Waals surface area contributed by atoms with Crippen LogP contribution in [0.3, 0.4) is 0 Å². The number of carboxylic acid groups (broad SMARTS) is 1. The quantitative estimate of drug-likeness (QED) is 0.416. The summed E-state index contributed by atoms with van der Waals surface area (Å²) in [5, 5.41) is 8.27. The maximum Gasteiger partial charge on any atom is 0.320 e. The zero-order valence-corrected chi connectivity index (χ0v) is 8.83. The van der Waals surface area contributed by atoms with Gasteiger partial charge in [-0.05, 0) is 18.4 Å². The second-order valence-electron chi connectivity index (χ2n) is 1.73. The van der Waals surface area contributed by atoms with Gasteiger partial charge in [0.25, 0.3) is 0 Å². The third kappa shape index (κ3) is 10.5. The molecule has 0 aromatic carbocycles. The van der Waals surface area contributed by atoms with Crippen LogP contribution in [0.15, 0.2) is 0 Å². The molecule has 0 radical (unpaired) electrons. The normalized spacial score (nSPS) is 11.3. The summed E-state index contributed by atoms with van der Waals surface area (Å²) in [5.74, 6) is -0.1000. The Labute approximate surface area is 81.3 Å². The second-order valence-corrected chi connectivity index (χ2v) is 2.71. The van der Waals surface area contributed by atoms with Crippen molar-refractivity contribution in [3.8, 4) is 0 Å². The number of nitrogens with two attached hydrogens (primary N) is 1. The Balaban J connectivity index is 0. The molecule has 0 spiro atoms. The van der Waals surface area contributed by atoms with Gasteiger partial charge in [-0.25, -0.2) is 0 Å². The fourth-order valence-corrected chi connectivity index (χ4v) is 0.858. The molecule has 0 bridgehead atoms. The van der Waals surface area contributed by atoms with Crippen molar-refractivity contribution in [1.82, 2.24) is 0 Å². The zero-order valence-electron chi connectivity index (χ0n) is 6.23. The molecule has 0 aromatic rings. The lowest BCUT2D eigenvalue weighted by molar-refractivity contribution is -0.138. The third-order valence-electron chi connectivity index (χ3n) is 0.950. The van der Waals surface area contributed by atoms with E-state index in [0.717, 1.165) is 5.75 Å². The summed E-state index contributed by atoms with van der Waals surface area (Å²) in [5.41, 5.74) is 5.19. The van der Waals surface area contributed by atoms with E-state index in [2.05, 4.69) is 23.3 Å². The molecule has 6 heteroatoms. The van der Waals surface area contributed by atoms with Gasteiger partial charge < -0.3 is 10.8 Å². The third-order valence-corrected chi connectivity index (χ3v) is 1.59. The van der Waals surface area contributed by atoms with Crippen LogP contribution in [0.4, 0.5) is 0 Å². The average molecular weight is 215 g/mol. The molecule has 0 aromatic heterocycles. The largest absolute Gasteiger partial charge is 0.480 e. The van der Waals surface area contributed by atoms with Gasteiger partial charge >= 0.3 is 5.97 Å². The van der Waals surface area contributed by atoms with Crippen molar-refractivity contribution < 1.29 is 9.90 Å². The summed E-state index contributed by atoms with van der Waals surface area (Å²) in [6.45, 7) is 0. The van der Waals surface area contributed by atoms with E-state index in [1.54, 1.807) is 11.8 Å². The van der Waals surface area contributed by atoms with Gasteiger partial charge in [0.1, 0.15) is 6.04 Å². The number of thioether (sulfide) groups is 1. The van der Waals surface area contributed by atoms with Gasteiger partial charge in [-0.2, -0.15) is 11.8 Å². The molecule has 0 rings (SSSR count). The van der Waals surface area contributed by atoms with Crippen molar-refractivity contribution in [2.24, 2.45) is 5.73 Å². The van der Waals surface area contributed by atoms with Crippen molar-refractivity contribution in [3.63, 3.8) is 0 Å². The van der Waals surface area contributed by atoms with E-state index in [0.29, 0.717) is 6.42 Å². The summed E-state index contributed by atoms with van der Waals surface area (Å²) in [6.07, 6.45) is 2.48. The second kappa shape index (κ2) is 10.5. The molecule has 0 heterocycles. The SMILES string of the molecule is CSCC[C@H](N)C(=O)O.SS. The van der Waals surface area contributed by atoms with Gasteiger partial charge in [0.15, 0.2) is 0 Å². The molecule has 0 amide bonds. The van der Waals surface area contributed by atoms with Crippen LogP contribution >= 0.6 is 35.1 Å². The van der Waals surface area contributed by atoms with E-state index in [-0.39, 0.29) is 0 Å². The van der Waals surface area contributed by atoms with Crippen molar-refractivity contribution in [3.05, 3.63) is 0 Å². The highest BCUT2D eigenvalue weighted by Gasteiger charge is 2.08. The fourth-order valence-electron chi connectivity index (χ4n) is 0.368. The minimum atomic E-state index is -0.913. The van der Waals surface area contributed by atoms with E-state index >= 15 is 0 Å². The maximum absolute atomic E-state index is 10.1. The molecule has 0 fully saturated rings. The monoisotopic (exact) mass is 215 g/mol. The standard InChI is InChI=1S/C5H11NO2S.H2S2/c1-9-3-2-4(6)5(7)8;1-2/h4H,2-3,6H2,1H3,(H,7,8);1-2H/t4-;/m0./s1. The van der Waals surface area contributed by atoms with Crippen LogP contribution in [0, 0.1) is 0 Å². The van der Waals surface area contributed by atoms with Gasteiger partial charge in [-0.3, -0.25) is 4.79 Å². The lowest BCUT2D eigenvalue weighted by Gasteiger charge is -2.02. The molecule has 0 aliphatic rings. The highest BCUT2D eigenvalue weighted by atomic mass is 33.1. The average Bonchev–Trinajstić information content (AvgIpc) is 2.03. The Bertz CT molecular complexity index is 102. The first-order chi connectivity index (χ1) is 5.18. The molecule has 0 unspecified atom stereocenters. The van der Waals surface area contributed by atoms with Crippen molar-refractivity contribution in [1.29, 1.82) is 0 Å². The molecule has 0 aliphatic heterocycles. The Morgan fingerprint density at radius 3 is 2.45 bits per heavy atom. The first kappa shape index (κ1) is 14.0. The molecule has 3 nitrogen and oxygen atoms in total. The van der Waals surface area contributed by atoms with Crippen LogP contribution < -0.4 is 5.73 Å². The minimum absolute atomic E-state index is 0.552. The number of hydrogen-bond acceptors (Lipinski definition) is 5. The molecule has 0 saturated heterocycles. The highest BCUT2D eigenvalue weighted by molar-refractivity contribution is 8.59. The minimum Gasteiger partial charge on any atom is -0.480 e. The fraction of sp³-hybridized carbons (Fsp3) is 0.800. The Kier molecular flexibility index (Phi) is 13.4. The summed E-state index contributed by atoms with van der Waals surface area (Å²) in [6, 6.07) is -0.683. The van der Waals surface area contributed by atoms with Crippen LogP contribution in [0.1, 0.15) is 6.42 Å². The lowest BCUT2D eigenvalue weighted by atomic mass is 10.2. The van der Waals surface area contributed by atoms with Crippen molar-refractivity contribution in [2.75, 3.05) is 12.0 Å². The van der Waals surface area contributed by atoms with E-state index in [1.807, 2.05) is 6.26 Å². The van der Waals surface area contributed by atoms with E-state index in [9.17, 15) is 4.79 Å². The molecular formula is C5H13NO2S3. The topological polar surface area (TPSA) is 63.3 Å². The van der Waals surface area contributed by atoms with Crippen molar-refractivity contribution in [2.45, 2.75) is 12.5 Å². The van der Waals surface area contributed by atoms with Gasteiger partial charge in [0, 0.05) is 0 Å². The van der Waals surface area contributed by atoms with Gasteiger partial charge in [0.05, 0.1) is 0 Å². The zero-order chi connectivity index (χ0) is 9.28. The predicted molar refractivity (Wildman–Crippen MR) is 56.6 cm³/mol. The molecular weight excluding hydrogens is 202 g/mol. The first-order valence-electron chi connectivity index (χ1n) is 2.85. The number of carbonyl (C=O) groups is 1. The lowest BCUT2D eigenvalue weighted by Crippen LogP contribution is -2.30. The number of rotatable bonds is 4. The van der Waals surface area contributed by atoms with Gasteiger partial charge in [-0.15, -0.1) is 23.3 Å². The number of aliphatic carboxylic acids is 1. The summed E-state index contributed by atoms with van der Waals surface area (Å²) < 4.78 is 0. The molecule has 3 N–H and O–H groups in total. The molecule has 11 heavy (non-hydrogen) atoms. The predicted octanol–water partition coefficient (Wildman–Crippen LogP) is 0.912. The summed E-state index contributed by atoms with van der Waals surface area (Å²) >= 11 is 8.05. The first-order valence-corrected chi connectivity index (χ1v) is 5.85. The number of hydrogen-bond donors (Lipinski definition) is 4. The van der Waals surface area contributed by atoms with E-state index in [1.165, 1.54) is 0 Å². The van der Waals surface area contributed by atoms with Gasteiger partial charge in [0.2, 0.25) is 0 Å². The Morgan fingerprint density at radius 1 is 1.73 bits per heavy atom. The molecule has 0 aliphatic carbocycles. The van der Waals surface area contributed by atoms with Crippen LogP contribution in [-0.4, -0.2) is 29.1 Å². The van der Waals surface area contributed by atoms with Crippen LogP contribution in [-0.2, 0) is 4.79 Å². The Morgan fingerprint density at radius 2 is 2.18 bits per heavy atom. The van der Waals surface area contributed by atoms with Crippen LogP contribution in [0.5, 0.6) is 0 Å². The van der Waals surface area contributed by atoms with Gasteiger partial charge in [-0.1, -0.05) is 0 Å². The Hall–Kier alpha value is 0.480. The summed E-state index contributed by atoms with van der Waals surface area (Å²) in [7, 11) is 0. The molecule has 0 saturated carbocycles. The smallest absolute Gasteiger partial charge is 0.320 e. The molecule has 68 valence electrons. The summed E-state index contributed by atoms with van der Waals surface area (Å²) in [4.78, 5) is 10.1.